The molecule has 3 rings (SSSR count). The second-order valence-electron chi connectivity index (χ2n) is 4.64. The quantitative estimate of drug-likeness (QED) is 0.751. The molecule has 6 nitrogen and oxygen atoms in total. The number of nitrogens with one attached hydrogen (secondary N) is 2. The third-order valence-corrected chi connectivity index (χ3v) is 3.54. The molecule has 0 aliphatic heterocycles. The second kappa shape index (κ2) is 6.48. The van der Waals surface area contributed by atoms with Gasteiger partial charge in [0.1, 0.15) is 0 Å². The van der Waals surface area contributed by atoms with Gasteiger partial charge in [0, 0.05) is 10.0 Å². The summed E-state index contributed by atoms with van der Waals surface area (Å²) >= 11 is 3.40. The molecule has 1 heterocycles. The van der Waals surface area contributed by atoms with Crippen LogP contribution < -0.4 is 5.32 Å². The predicted octanol–water partition coefficient (Wildman–Crippen LogP) is 2.81. The van der Waals surface area contributed by atoms with Crippen LogP contribution in [0.15, 0.2) is 53.0 Å². The van der Waals surface area contributed by atoms with Crippen LogP contribution in [0.1, 0.15) is 5.56 Å². The smallest absolute Gasteiger partial charge is 0.228 e. The minimum atomic E-state index is -0.0988. The van der Waals surface area contributed by atoms with Crippen molar-refractivity contribution in [1.29, 1.82) is 0 Å². The van der Waals surface area contributed by atoms with Gasteiger partial charge in [-0.3, -0.25) is 4.79 Å². The van der Waals surface area contributed by atoms with Crippen molar-refractivity contribution < 1.29 is 4.79 Å². The van der Waals surface area contributed by atoms with E-state index in [4.69, 9.17) is 0 Å². The summed E-state index contributed by atoms with van der Waals surface area (Å²) in [6, 6.07) is 15.1. The summed E-state index contributed by atoms with van der Waals surface area (Å²) in [6.07, 6.45) is 0.308. The number of halogens is 1. The maximum absolute atomic E-state index is 12.2. The van der Waals surface area contributed by atoms with E-state index in [0.29, 0.717) is 23.5 Å². The van der Waals surface area contributed by atoms with E-state index in [1.165, 1.54) is 0 Å². The molecule has 0 unspecified atom stereocenters. The number of carbonyl (C=O) groups excluding carboxylic acids is 1. The first kappa shape index (κ1) is 14.4. The molecule has 110 valence electrons. The first-order valence-electron chi connectivity index (χ1n) is 6.59. The van der Waals surface area contributed by atoms with Gasteiger partial charge in [-0.2, -0.15) is 5.21 Å². The predicted molar refractivity (Wildman–Crippen MR) is 86.1 cm³/mol. The molecule has 0 fully saturated rings. The number of anilines is 1. The fraction of sp³-hybridized carbons (Fsp3) is 0.0667. The zero-order valence-electron chi connectivity index (χ0n) is 11.5. The van der Waals surface area contributed by atoms with Gasteiger partial charge >= 0.3 is 0 Å². The van der Waals surface area contributed by atoms with E-state index in [2.05, 4.69) is 41.9 Å². The molecule has 0 radical (unpaired) electrons. The lowest BCUT2D eigenvalue weighted by Crippen LogP contribution is -2.15. The van der Waals surface area contributed by atoms with Crippen LogP contribution in [0.25, 0.3) is 11.4 Å². The van der Waals surface area contributed by atoms with Crippen LogP contribution in [0.2, 0.25) is 0 Å². The number of benzene rings is 2. The van der Waals surface area contributed by atoms with Gasteiger partial charge in [0.25, 0.3) is 0 Å². The van der Waals surface area contributed by atoms with Crippen LogP contribution in [-0.4, -0.2) is 26.5 Å². The summed E-state index contributed by atoms with van der Waals surface area (Å²) in [7, 11) is 0. The highest BCUT2D eigenvalue weighted by Crippen LogP contribution is 2.28. The van der Waals surface area contributed by atoms with Crippen molar-refractivity contribution in [2.45, 2.75) is 6.42 Å². The van der Waals surface area contributed by atoms with Crippen LogP contribution in [0.5, 0.6) is 0 Å². The number of aromatic nitrogens is 4. The van der Waals surface area contributed by atoms with E-state index in [1.54, 1.807) is 6.07 Å². The third kappa shape index (κ3) is 3.37. The number of nitrogens with zero attached hydrogens (tertiary/aromatic N) is 3. The molecule has 2 N–H and O–H groups in total. The highest BCUT2D eigenvalue weighted by Gasteiger charge is 2.13. The lowest BCUT2D eigenvalue weighted by Gasteiger charge is -2.09. The molecule has 0 bridgehead atoms. The van der Waals surface area contributed by atoms with Gasteiger partial charge in [0.2, 0.25) is 11.7 Å². The minimum Gasteiger partial charge on any atom is -0.325 e. The molecule has 0 spiro atoms. The molecule has 1 amide bonds. The van der Waals surface area contributed by atoms with Gasteiger partial charge in [-0.05, 0) is 29.0 Å². The highest BCUT2D eigenvalue weighted by molar-refractivity contribution is 9.10. The Balaban J connectivity index is 1.82. The first-order chi connectivity index (χ1) is 10.7. The van der Waals surface area contributed by atoms with Gasteiger partial charge in [0.15, 0.2) is 0 Å². The largest absolute Gasteiger partial charge is 0.325 e. The van der Waals surface area contributed by atoms with Crippen LogP contribution in [-0.2, 0) is 11.2 Å². The molecule has 1 aromatic heterocycles. The number of rotatable bonds is 4. The fourth-order valence-corrected chi connectivity index (χ4v) is 2.42. The average molecular weight is 358 g/mol. The van der Waals surface area contributed by atoms with Crippen molar-refractivity contribution in [3.05, 3.63) is 58.6 Å². The first-order valence-corrected chi connectivity index (χ1v) is 7.39. The SMILES string of the molecule is O=C(Cc1ccccc1)Nc1ccc(Br)cc1-c1nn[nH]n1. The topological polar surface area (TPSA) is 83.6 Å². The Morgan fingerprint density at radius 2 is 2.00 bits per heavy atom. The molecule has 0 saturated carbocycles. The minimum absolute atomic E-state index is 0.0988. The molecule has 22 heavy (non-hydrogen) atoms. The Hall–Kier alpha value is -2.54. The molecule has 0 aliphatic carbocycles. The molecule has 2 aromatic carbocycles. The zero-order chi connectivity index (χ0) is 15.4. The van der Waals surface area contributed by atoms with Crippen molar-refractivity contribution in [3.63, 3.8) is 0 Å². The Labute approximate surface area is 135 Å². The van der Waals surface area contributed by atoms with Crippen LogP contribution >= 0.6 is 15.9 Å². The number of H-pyrrole nitrogens is 1. The van der Waals surface area contributed by atoms with Crippen molar-refractivity contribution in [2.75, 3.05) is 5.32 Å². The fourth-order valence-electron chi connectivity index (χ4n) is 2.06. The Morgan fingerprint density at radius 3 is 2.73 bits per heavy atom. The molecule has 3 aromatic rings. The summed E-state index contributed by atoms with van der Waals surface area (Å²) in [5.74, 6) is 0.328. The molecule has 0 saturated heterocycles. The summed E-state index contributed by atoms with van der Waals surface area (Å²) in [5, 5.41) is 16.8. The van der Waals surface area contributed by atoms with E-state index >= 15 is 0 Å². The van der Waals surface area contributed by atoms with E-state index in [1.807, 2.05) is 42.5 Å². The third-order valence-electron chi connectivity index (χ3n) is 3.05. The normalized spacial score (nSPS) is 10.4. The number of aromatic amines is 1. The lowest BCUT2D eigenvalue weighted by atomic mass is 10.1. The number of tetrazole rings is 1. The lowest BCUT2D eigenvalue weighted by molar-refractivity contribution is -0.115. The highest BCUT2D eigenvalue weighted by atomic mass is 79.9. The number of amides is 1. The maximum Gasteiger partial charge on any atom is 0.228 e. The van der Waals surface area contributed by atoms with Gasteiger partial charge in [-0.15, -0.1) is 10.2 Å². The monoisotopic (exact) mass is 357 g/mol. The number of hydrogen-bond acceptors (Lipinski definition) is 4. The van der Waals surface area contributed by atoms with Crippen molar-refractivity contribution in [3.8, 4) is 11.4 Å². The molecule has 0 aliphatic rings. The number of carbonyl (C=O) groups is 1. The Bertz CT molecular complexity index is 774. The van der Waals surface area contributed by atoms with Crippen LogP contribution in [0.4, 0.5) is 5.69 Å². The van der Waals surface area contributed by atoms with Crippen molar-refractivity contribution >= 4 is 27.5 Å². The maximum atomic E-state index is 12.2. The van der Waals surface area contributed by atoms with E-state index in [0.717, 1.165) is 10.0 Å². The van der Waals surface area contributed by atoms with E-state index < -0.39 is 0 Å². The van der Waals surface area contributed by atoms with Gasteiger partial charge in [-0.1, -0.05) is 46.3 Å². The van der Waals surface area contributed by atoms with Gasteiger partial charge < -0.3 is 5.32 Å². The van der Waals surface area contributed by atoms with Gasteiger partial charge in [-0.25, -0.2) is 0 Å². The summed E-state index contributed by atoms with van der Waals surface area (Å²) in [4.78, 5) is 12.2. The Morgan fingerprint density at radius 1 is 1.18 bits per heavy atom. The molecular formula is C15H12BrN5O. The van der Waals surface area contributed by atoms with E-state index in [9.17, 15) is 4.79 Å². The van der Waals surface area contributed by atoms with Crippen molar-refractivity contribution in [2.24, 2.45) is 0 Å². The summed E-state index contributed by atoms with van der Waals surface area (Å²) < 4.78 is 0.869. The second-order valence-corrected chi connectivity index (χ2v) is 5.55. The summed E-state index contributed by atoms with van der Waals surface area (Å²) in [5.41, 5.74) is 2.30. The molecule has 7 heteroatoms. The standard InChI is InChI=1S/C15H12BrN5O/c16-11-6-7-13(12(9-11)15-18-20-21-19-15)17-14(22)8-10-4-2-1-3-5-10/h1-7,9H,8H2,(H,17,22)(H,18,19,20,21). The summed E-state index contributed by atoms with van der Waals surface area (Å²) in [6.45, 7) is 0. The zero-order valence-corrected chi connectivity index (χ0v) is 13.0. The number of hydrogen-bond donors (Lipinski definition) is 2. The molecule has 0 atom stereocenters. The van der Waals surface area contributed by atoms with E-state index in [-0.39, 0.29) is 5.91 Å². The molecular weight excluding hydrogens is 346 g/mol. The van der Waals surface area contributed by atoms with Crippen LogP contribution in [0.3, 0.4) is 0 Å². The van der Waals surface area contributed by atoms with Crippen molar-refractivity contribution in [1.82, 2.24) is 20.6 Å². The van der Waals surface area contributed by atoms with Crippen LogP contribution in [0, 0.1) is 0 Å². The van der Waals surface area contributed by atoms with Gasteiger partial charge in [0.05, 0.1) is 12.1 Å². The average Bonchev–Trinajstić information content (AvgIpc) is 3.04. The Kier molecular flexibility index (Phi) is 4.24.